The molecule has 0 aromatic rings. The predicted molar refractivity (Wildman–Crippen MR) is 46.4 cm³/mol. The second-order valence-corrected chi connectivity index (χ2v) is 3.19. The number of aliphatic hydroxyl groups excluding tert-OH is 1. The average Bonchev–Trinajstić information content (AvgIpc) is 2.01. The first kappa shape index (κ1) is 14.2. The van der Waals surface area contributed by atoms with Gasteiger partial charge in [-0.1, -0.05) is 0 Å². The number of aliphatic carboxylic acids is 1. The van der Waals surface area contributed by atoms with Crippen LogP contribution in [0.5, 0.6) is 0 Å². The van der Waals surface area contributed by atoms with Crippen molar-refractivity contribution in [1.82, 2.24) is 5.32 Å². The van der Waals surface area contributed by atoms with Gasteiger partial charge in [-0.05, 0) is 31.8 Å². The van der Waals surface area contributed by atoms with E-state index in [9.17, 15) is 13.2 Å². The molecule has 0 bridgehead atoms. The molecule has 3 N–H and O–H groups in total. The van der Waals surface area contributed by atoms with E-state index < -0.39 is 12.1 Å². The highest BCUT2D eigenvalue weighted by Gasteiger charge is 2.38. The Morgan fingerprint density at radius 3 is 2.07 bits per heavy atom. The minimum atomic E-state index is -5.08. The van der Waals surface area contributed by atoms with Crippen molar-refractivity contribution in [2.24, 2.45) is 5.92 Å². The molecule has 1 aliphatic heterocycles. The highest BCUT2D eigenvalue weighted by Crippen LogP contribution is 2.13. The van der Waals surface area contributed by atoms with Gasteiger partial charge in [-0.15, -0.1) is 0 Å². The molecule has 90 valence electrons. The SMILES string of the molecule is O=C(O)C(F)(F)F.OCCCC1CNC1. The third-order valence-corrected chi connectivity index (χ3v) is 1.88. The summed E-state index contributed by atoms with van der Waals surface area (Å²) < 4.78 is 31.7. The van der Waals surface area contributed by atoms with Gasteiger partial charge < -0.3 is 15.5 Å². The normalized spacial score (nSPS) is 16.3. The largest absolute Gasteiger partial charge is 0.490 e. The van der Waals surface area contributed by atoms with Crippen molar-refractivity contribution in [2.75, 3.05) is 19.7 Å². The number of halogens is 3. The molecule has 0 aliphatic carbocycles. The van der Waals surface area contributed by atoms with E-state index in [1.807, 2.05) is 0 Å². The van der Waals surface area contributed by atoms with Crippen molar-refractivity contribution in [3.05, 3.63) is 0 Å². The van der Waals surface area contributed by atoms with Gasteiger partial charge in [-0.3, -0.25) is 0 Å². The minimum Gasteiger partial charge on any atom is -0.475 e. The summed E-state index contributed by atoms with van der Waals surface area (Å²) in [4.78, 5) is 8.90. The molecule has 0 atom stereocenters. The van der Waals surface area contributed by atoms with Gasteiger partial charge in [0, 0.05) is 6.61 Å². The molecule has 7 heteroatoms. The van der Waals surface area contributed by atoms with Crippen LogP contribution in [0.1, 0.15) is 12.8 Å². The molecule has 4 nitrogen and oxygen atoms in total. The van der Waals surface area contributed by atoms with Crippen molar-refractivity contribution >= 4 is 5.97 Å². The number of aliphatic hydroxyl groups is 1. The number of hydrogen-bond donors (Lipinski definition) is 3. The number of alkyl halides is 3. The summed E-state index contributed by atoms with van der Waals surface area (Å²) in [5.74, 6) is -1.89. The molecule has 1 aliphatic rings. The standard InChI is InChI=1S/C6H13NO.C2HF3O2/c8-3-1-2-6-4-7-5-6;3-2(4,5)1(6)7/h6-8H,1-5H2;(H,6,7). The topological polar surface area (TPSA) is 69.6 Å². The lowest BCUT2D eigenvalue weighted by atomic mass is 9.98. The Balaban J connectivity index is 0.000000265. The van der Waals surface area contributed by atoms with Crippen molar-refractivity contribution in [2.45, 2.75) is 19.0 Å². The first-order valence-electron chi connectivity index (χ1n) is 4.49. The fraction of sp³-hybridized carbons (Fsp3) is 0.875. The molecule has 0 radical (unpaired) electrons. The Morgan fingerprint density at radius 2 is 1.87 bits per heavy atom. The molecule has 1 saturated heterocycles. The second-order valence-electron chi connectivity index (χ2n) is 3.19. The fourth-order valence-corrected chi connectivity index (χ4v) is 0.933. The van der Waals surface area contributed by atoms with Gasteiger partial charge in [0.1, 0.15) is 0 Å². The number of carboxylic acids is 1. The first-order chi connectivity index (χ1) is 6.88. The lowest BCUT2D eigenvalue weighted by Gasteiger charge is -2.26. The molecule has 0 unspecified atom stereocenters. The molecule has 0 saturated carbocycles. The predicted octanol–water partition coefficient (Wildman–Crippen LogP) is 0.612. The number of carbonyl (C=O) groups is 1. The highest BCUT2D eigenvalue weighted by atomic mass is 19.4. The van der Waals surface area contributed by atoms with Gasteiger partial charge in [0.25, 0.3) is 0 Å². The van der Waals surface area contributed by atoms with E-state index >= 15 is 0 Å². The number of nitrogens with one attached hydrogen (secondary N) is 1. The van der Waals surface area contributed by atoms with Crippen molar-refractivity contribution in [3.8, 4) is 0 Å². The Bertz CT molecular complexity index is 192. The van der Waals surface area contributed by atoms with Crippen LogP contribution >= 0.6 is 0 Å². The molecule has 0 spiro atoms. The summed E-state index contributed by atoms with van der Waals surface area (Å²) in [6.45, 7) is 2.69. The Labute approximate surface area is 85.1 Å². The van der Waals surface area contributed by atoms with Crippen LogP contribution in [0.25, 0.3) is 0 Å². The summed E-state index contributed by atoms with van der Waals surface area (Å²) >= 11 is 0. The summed E-state index contributed by atoms with van der Waals surface area (Å²) in [5, 5.41) is 18.7. The molecular weight excluding hydrogens is 215 g/mol. The third-order valence-electron chi connectivity index (χ3n) is 1.88. The third kappa shape index (κ3) is 7.15. The van der Waals surface area contributed by atoms with Crippen LogP contribution < -0.4 is 5.32 Å². The molecule has 1 heterocycles. The first-order valence-corrected chi connectivity index (χ1v) is 4.49. The summed E-state index contributed by atoms with van der Waals surface area (Å²) in [6.07, 6.45) is -2.91. The van der Waals surface area contributed by atoms with Gasteiger partial charge >= 0.3 is 12.1 Å². The Hall–Kier alpha value is -0.820. The van der Waals surface area contributed by atoms with Crippen LogP contribution in [-0.2, 0) is 4.79 Å². The monoisotopic (exact) mass is 229 g/mol. The molecule has 1 fully saturated rings. The van der Waals surface area contributed by atoms with E-state index in [0.29, 0.717) is 6.61 Å². The zero-order valence-corrected chi connectivity index (χ0v) is 8.05. The van der Waals surface area contributed by atoms with Crippen LogP contribution in [0.4, 0.5) is 13.2 Å². The maximum absolute atomic E-state index is 10.6. The van der Waals surface area contributed by atoms with Crippen LogP contribution in [0, 0.1) is 5.92 Å². The second kappa shape index (κ2) is 6.62. The summed E-state index contributed by atoms with van der Waals surface area (Å²) in [7, 11) is 0. The molecular formula is C8H14F3NO3. The lowest BCUT2D eigenvalue weighted by molar-refractivity contribution is -0.192. The van der Waals surface area contributed by atoms with E-state index in [1.165, 1.54) is 19.5 Å². The van der Waals surface area contributed by atoms with E-state index in [-0.39, 0.29) is 0 Å². The lowest BCUT2D eigenvalue weighted by Crippen LogP contribution is -2.41. The molecule has 0 aromatic heterocycles. The van der Waals surface area contributed by atoms with Crippen molar-refractivity contribution in [3.63, 3.8) is 0 Å². The van der Waals surface area contributed by atoms with Gasteiger partial charge in [-0.2, -0.15) is 13.2 Å². The maximum atomic E-state index is 10.6. The van der Waals surface area contributed by atoms with Crippen LogP contribution in [0.3, 0.4) is 0 Å². The fourth-order valence-electron chi connectivity index (χ4n) is 0.933. The molecule has 0 amide bonds. The molecule has 1 rings (SSSR count). The quantitative estimate of drug-likeness (QED) is 0.663. The number of rotatable bonds is 3. The highest BCUT2D eigenvalue weighted by molar-refractivity contribution is 5.73. The molecule has 0 aromatic carbocycles. The van der Waals surface area contributed by atoms with Gasteiger partial charge in [0.15, 0.2) is 0 Å². The van der Waals surface area contributed by atoms with E-state index in [2.05, 4.69) is 5.32 Å². The van der Waals surface area contributed by atoms with Gasteiger partial charge in [0.2, 0.25) is 0 Å². The van der Waals surface area contributed by atoms with Crippen LogP contribution in [0.2, 0.25) is 0 Å². The maximum Gasteiger partial charge on any atom is 0.490 e. The molecule has 15 heavy (non-hydrogen) atoms. The van der Waals surface area contributed by atoms with Crippen LogP contribution in [0.15, 0.2) is 0 Å². The number of carboxylic acid groups (broad SMARTS) is 1. The van der Waals surface area contributed by atoms with E-state index in [0.717, 1.165) is 12.3 Å². The summed E-state index contributed by atoms with van der Waals surface area (Å²) in [6, 6.07) is 0. The van der Waals surface area contributed by atoms with Gasteiger partial charge in [0.05, 0.1) is 0 Å². The Morgan fingerprint density at radius 1 is 1.40 bits per heavy atom. The van der Waals surface area contributed by atoms with E-state index in [4.69, 9.17) is 15.0 Å². The van der Waals surface area contributed by atoms with E-state index in [1.54, 1.807) is 0 Å². The zero-order chi connectivity index (χ0) is 11.9. The summed E-state index contributed by atoms with van der Waals surface area (Å²) in [5.41, 5.74) is 0. The minimum absolute atomic E-state index is 0.358. The average molecular weight is 229 g/mol. The van der Waals surface area contributed by atoms with Crippen molar-refractivity contribution in [1.29, 1.82) is 0 Å². The zero-order valence-electron chi connectivity index (χ0n) is 8.05. The van der Waals surface area contributed by atoms with Crippen molar-refractivity contribution < 1.29 is 28.2 Å². The van der Waals surface area contributed by atoms with Gasteiger partial charge in [-0.25, -0.2) is 4.79 Å². The Kier molecular flexibility index (Phi) is 6.26. The number of hydrogen-bond acceptors (Lipinski definition) is 3. The smallest absolute Gasteiger partial charge is 0.475 e. The van der Waals surface area contributed by atoms with Crippen LogP contribution in [-0.4, -0.2) is 42.1 Å².